The Kier molecular flexibility index (Phi) is 6.05. The molecule has 0 aliphatic carbocycles. The summed E-state index contributed by atoms with van der Waals surface area (Å²) in [7, 11) is 0. The van der Waals surface area contributed by atoms with Crippen molar-refractivity contribution in [3.05, 3.63) is 114 Å². The van der Waals surface area contributed by atoms with E-state index in [0.29, 0.717) is 6.42 Å². The van der Waals surface area contributed by atoms with Crippen LogP contribution in [0.5, 0.6) is 0 Å². The molecule has 0 aliphatic heterocycles. The zero-order valence-corrected chi connectivity index (χ0v) is 19.9. The first-order chi connectivity index (χ1) is 16.6. The van der Waals surface area contributed by atoms with Crippen molar-refractivity contribution in [1.82, 2.24) is 19.5 Å². The summed E-state index contributed by atoms with van der Waals surface area (Å²) < 4.78 is 2.35. The molecule has 2 aromatic heterocycles. The molecular weight excluding hydrogens is 416 g/mol. The number of benzene rings is 3. The van der Waals surface area contributed by atoms with E-state index in [1.54, 1.807) is 0 Å². The highest BCUT2D eigenvalue weighted by atomic mass is 15.0. The smallest absolute Gasteiger partial charge is 0.136 e. The number of nitrogens with zero attached hydrogens (tertiary/aromatic N) is 4. The summed E-state index contributed by atoms with van der Waals surface area (Å²) in [5, 5.41) is 2.56. The third kappa shape index (κ3) is 4.27. The molecule has 3 aromatic carbocycles. The number of hydrogen-bond donors (Lipinski definition) is 0. The average Bonchev–Trinajstić information content (AvgIpc) is 3.18. The van der Waals surface area contributed by atoms with Gasteiger partial charge in [-0.1, -0.05) is 73.7 Å². The molecular formula is C30H28N4. The fourth-order valence-corrected chi connectivity index (χ4v) is 4.58. The van der Waals surface area contributed by atoms with Crippen LogP contribution in [0.25, 0.3) is 33.1 Å². The van der Waals surface area contributed by atoms with Crippen LogP contribution >= 0.6 is 0 Å². The number of aromatic nitrogens is 4. The quantitative estimate of drug-likeness (QED) is 0.261. The molecule has 168 valence electrons. The van der Waals surface area contributed by atoms with Gasteiger partial charge in [0.05, 0.1) is 11.0 Å². The van der Waals surface area contributed by atoms with Crippen molar-refractivity contribution in [1.29, 1.82) is 0 Å². The minimum Gasteiger partial charge on any atom is -0.309 e. The molecule has 0 saturated carbocycles. The van der Waals surface area contributed by atoms with Gasteiger partial charge in [-0.15, -0.1) is 0 Å². The molecule has 0 amide bonds. The van der Waals surface area contributed by atoms with Gasteiger partial charge in [0.15, 0.2) is 0 Å². The molecule has 0 radical (unpaired) electrons. The first-order valence-corrected chi connectivity index (χ1v) is 11.8. The van der Waals surface area contributed by atoms with Crippen molar-refractivity contribution in [3.8, 4) is 5.69 Å². The standard InChI is InChI=1S/C30H28N4/c1-4-23(11-5-10-16-30-32-21(2)31-22(3)33-30)24-17-19-25(20-18-24)34-28-14-8-6-12-26(28)27-13-7-9-15-29(27)34/h5-15,17-20H,4,16H2,1-3H3/b10-5-,23-11+. The predicted octanol–water partition coefficient (Wildman–Crippen LogP) is 7.18. The van der Waals surface area contributed by atoms with Gasteiger partial charge in [0.1, 0.15) is 17.5 Å². The van der Waals surface area contributed by atoms with E-state index < -0.39 is 0 Å². The van der Waals surface area contributed by atoms with Gasteiger partial charge in [0.2, 0.25) is 0 Å². The third-order valence-corrected chi connectivity index (χ3v) is 6.10. The molecule has 0 bridgehead atoms. The molecule has 5 aromatic rings. The molecule has 4 heteroatoms. The van der Waals surface area contributed by atoms with Crippen LogP contribution in [0.1, 0.15) is 36.4 Å². The van der Waals surface area contributed by atoms with Crippen LogP contribution in [0.2, 0.25) is 0 Å². The number of aryl methyl sites for hydroxylation is 2. The van der Waals surface area contributed by atoms with Crippen molar-refractivity contribution < 1.29 is 0 Å². The van der Waals surface area contributed by atoms with Gasteiger partial charge >= 0.3 is 0 Å². The van der Waals surface area contributed by atoms with Crippen LogP contribution in [0, 0.1) is 13.8 Å². The van der Waals surface area contributed by atoms with Gasteiger partial charge in [0.25, 0.3) is 0 Å². The van der Waals surface area contributed by atoms with Gasteiger partial charge in [-0.2, -0.15) is 0 Å². The summed E-state index contributed by atoms with van der Waals surface area (Å²) in [5.74, 6) is 2.34. The minimum absolute atomic E-state index is 0.699. The normalized spacial score (nSPS) is 12.3. The summed E-state index contributed by atoms with van der Waals surface area (Å²) in [6, 6.07) is 26.1. The lowest BCUT2D eigenvalue weighted by Crippen LogP contribution is -2.01. The number of rotatable bonds is 6. The fraction of sp³-hybridized carbons (Fsp3) is 0.167. The second-order valence-corrected chi connectivity index (χ2v) is 8.44. The Morgan fingerprint density at radius 1 is 0.765 bits per heavy atom. The second-order valence-electron chi connectivity index (χ2n) is 8.44. The van der Waals surface area contributed by atoms with Gasteiger partial charge in [0, 0.05) is 22.9 Å². The third-order valence-electron chi connectivity index (χ3n) is 6.10. The molecule has 34 heavy (non-hydrogen) atoms. The highest BCUT2D eigenvalue weighted by molar-refractivity contribution is 6.09. The number of para-hydroxylation sites is 2. The van der Waals surface area contributed by atoms with Gasteiger partial charge in [-0.3, -0.25) is 0 Å². The van der Waals surface area contributed by atoms with E-state index in [4.69, 9.17) is 0 Å². The molecule has 0 saturated heterocycles. The number of hydrogen-bond acceptors (Lipinski definition) is 3. The first-order valence-electron chi connectivity index (χ1n) is 11.8. The molecule has 4 nitrogen and oxygen atoms in total. The SMILES string of the molecule is CC/C(=C\C=C/Cc1nc(C)nc(C)n1)c1ccc(-n2c3ccccc3c3ccccc32)cc1. The van der Waals surface area contributed by atoms with E-state index in [1.165, 1.54) is 38.6 Å². The summed E-state index contributed by atoms with van der Waals surface area (Å²) >= 11 is 0. The van der Waals surface area contributed by atoms with Gasteiger partial charge in [-0.25, -0.2) is 15.0 Å². The molecule has 2 heterocycles. The van der Waals surface area contributed by atoms with Crippen molar-refractivity contribution in [2.75, 3.05) is 0 Å². The Bertz CT molecular complexity index is 1450. The van der Waals surface area contributed by atoms with Crippen LogP contribution in [-0.2, 0) is 6.42 Å². The predicted molar refractivity (Wildman–Crippen MR) is 141 cm³/mol. The Morgan fingerprint density at radius 3 is 1.94 bits per heavy atom. The van der Waals surface area contributed by atoms with Crippen molar-refractivity contribution >= 4 is 27.4 Å². The highest BCUT2D eigenvalue weighted by Gasteiger charge is 2.11. The molecule has 0 spiro atoms. The van der Waals surface area contributed by atoms with E-state index in [9.17, 15) is 0 Å². The Labute approximate surface area is 200 Å². The summed E-state index contributed by atoms with van der Waals surface area (Å²) in [6.07, 6.45) is 8.06. The van der Waals surface area contributed by atoms with E-state index in [-0.39, 0.29) is 0 Å². The lowest BCUT2D eigenvalue weighted by molar-refractivity contribution is 0.851. The zero-order chi connectivity index (χ0) is 23.5. The average molecular weight is 445 g/mol. The second kappa shape index (κ2) is 9.44. The number of fused-ring (bicyclic) bond motifs is 3. The van der Waals surface area contributed by atoms with Crippen LogP contribution in [0.4, 0.5) is 0 Å². The Morgan fingerprint density at radius 2 is 1.35 bits per heavy atom. The van der Waals surface area contributed by atoms with E-state index in [2.05, 4.69) is 117 Å². The van der Waals surface area contributed by atoms with Crippen molar-refractivity contribution in [3.63, 3.8) is 0 Å². The Balaban J connectivity index is 1.42. The first kappa shape index (κ1) is 21.8. The van der Waals surface area contributed by atoms with E-state index in [0.717, 1.165) is 23.9 Å². The molecule has 0 atom stereocenters. The molecule has 0 fully saturated rings. The summed E-state index contributed by atoms with van der Waals surface area (Å²) in [5.41, 5.74) is 6.17. The number of allylic oxidation sites excluding steroid dienone is 4. The summed E-state index contributed by atoms with van der Waals surface area (Å²) in [6.45, 7) is 6.00. The maximum Gasteiger partial charge on any atom is 0.136 e. The topological polar surface area (TPSA) is 43.6 Å². The van der Waals surface area contributed by atoms with E-state index in [1.807, 2.05) is 13.8 Å². The summed E-state index contributed by atoms with van der Waals surface area (Å²) in [4.78, 5) is 13.1. The zero-order valence-electron chi connectivity index (χ0n) is 19.9. The minimum atomic E-state index is 0.699. The van der Waals surface area contributed by atoms with Crippen LogP contribution in [-0.4, -0.2) is 19.5 Å². The van der Waals surface area contributed by atoms with Crippen LogP contribution < -0.4 is 0 Å². The molecule has 5 rings (SSSR count). The highest BCUT2D eigenvalue weighted by Crippen LogP contribution is 2.32. The van der Waals surface area contributed by atoms with Crippen molar-refractivity contribution in [2.45, 2.75) is 33.6 Å². The Hall–Kier alpha value is -4.05. The van der Waals surface area contributed by atoms with Crippen molar-refractivity contribution in [2.24, 2.45) is 0 Å². The fourth-order valence-electron chi connectivity index (χ4n) is 4.58. The largest absolute Gasteiger partial charge is 0.309 e. The maximum atomic E-state index is 4.41. The monoisotopic (exact) mass is 444 g/mol. The lowest BCUT2D eigenvalue weighted by Gasteiger charge is -2.10. The molecule has 0 aliphatic rings. The maximum absolute atomic E-state index is 4.41. The van der Waals surface area contributed by atoms with Gasteiger partial charge in [-0.05, 0) is 55.7 Å². The molecule has 0 N–H and O–H groups in total. The van der Waals surface area contributed by atoms with Crippen LogP contribution in [0.15, 0.2) is 91.0 Å². The molecule has 0 unspecified atom stereocenters. The van der Waals surface area contributed by atoms with Gasteiger partial charge < -0.3 is 4.57 Å². The lowest BCUT2D eigenvalue weighted by atomic mass is 10.0. The van der Waals surface area contributed by atoms with Crippen LogP contribution in [0.3, 0.4) is 0 Å². The van der Waals surface area contributed by atoms with E-state index >= 15 is 0 Å².